The molecule has 1 heterocycles. The highest BCUT2D eigenvalue weighted by Crippen LogP contribution is 2.28. The monoisotopic (exact) mass is 290 g/mol. The van der Waals surface area contributed by atoms with Gasteiger partial charge in [-0.25, -0.2) is 22.5 Å². The number of aromatic nitrogens is 1. The van der Waals surface area contributed by atoms with E-state index in [0.717, 1.165) is 5.01 Å². The Morgan fingerprint density at radius 3 is 2.21 bits per heavy atom. The summed E-state index contributed by atoms with van der Waals surface area (Å²) in [4.78, 5) is 4.13. The Labute approximate surface area is 111 Å². The van der Waals surface area contributed by atoms with Crippen molar-refractivity contribution in [3.05, 3.63) is 45.4 Å². The van der Waals surface area contributed by atoms with Crippen molar-refractivity contribution in [2.24, 2.45) is 0 Å². The summed E-state index contributed by atoms with van der Waals surface area (Å²) in [6.07, 6.45) is 0. The van der Waals surface area contributed by atoms with Crippen LogP contribution in [0.25, 0.3) is 0 Å². The van der Waals surface area contributed by atoms with Crippen molar-refractivity contribution in [1.29, 1.82) is 0 Å². The van der Waals surface area contributed by atoms with Crippen molar-refractivity contribution < 1.29 is 17.6 Å². The molecule has 19 heavy (non-hydrogen) atoms. The summed E-state index contributed by atoms with van der Waals surface area (Å²) in [7, 11) is 0. The highest BCUT2D eigenvalue weighted by atomic mass is 32.1. The number of hydrogen-bond acceptors (Lipinski definition) is 3. The Balaban J connectivity index is 2.33. The Hall–Kier alpha value is -1.63. The van der Waals surface area contributed by atoms with E-state index < -0.39 is 35.0 Å². The molecule has 0 fully saturated rings. The second kappa shape index (κ2) is 5.16. The smallest absolute Gasteiger partial charge is 0.185 e. The number of thiazole rings is 1. The lowest BCUT2D eigenvalue weighted by molar-refractivity contribution is 0.457. The van der Waals surface area contributed by atoms with Crippen LogP contribution in [0.1, 0.15) is 23.7 Å². The van der Waals surface area contributed by atoms with Gasteiger partial charge in [0, 0.05) is 11.4 Å². The summed E-state index contributed by atoms with van der Waals surface area (Å²) in [5.41, 5.74) is -0.276. The molecule has 0 aliphatic heterocycles. The first kappa shape index (κ1) is 13.8. The second-order valence-corrected chi connectivity index (χ2v) is 5.06. The maximum atomic E-state index is 13.5. The average molecular weight is 290 g/mol. The minimum Gasteiger partial charge on any atom is -0.372 e. The Kier molecular flexibility index (Phi) is 3.75. The molecule has 2 aromatic rings. The van der Waals surface area contributed by atoms with Crippen LogP contribution in [0.15, 0.2) is 11.4 Å². The Morgan fingerprint density at radius 1 is 1.16 bits per heavy atom. The van der Waals surface area contributed by atoms with Crippen LogP contribution in [0.2, 0.25) is 0 Å². The first-order chi connectivity index (χ1) is 8.90. The highest BCUT2D eigenvalue weighted by molar-refractivity contribution is 7.09. The van der Waals surface area contributed by atoms with E-state index in [9.17, 15) is 17.6 Å². The van der Waals surface area contributed by atoms with Crippen molar-refractivity contribution in [3.63, 3.8) is 0 Å². The quantitative estimate of drug-likeness (QED) is 0.677. The van der Waals surface area contributed by atoms with E-state index in [1.165, 1.54) is 11.3 Å². The summed E-state index contributed by atoms with van der Waals surface area (Å²) in [6.45, 7) is 3.38. The number of rotatable bonds is 3. The van der Waals surface area contributed by atoms with E-state index in [1.54, 1.807) is 19.2 Å². The zero-order valence-corrected chi connectivity index (χ0v) is 10.9. The van der Waals surface area contributed by atoms with Crippen LogP contribution in [-0.2, 0) is 0 Å². The van der Waals surface area contributed by atoms with E-state index in [0.29, 0.717) is 5.69 Å². The molecule has 0 radical (unpaired) electrons. The summed E-state index contributed by atoms with van der Waals surface area (Å²) < 4.78 is 53.0. The molecule has 0 aliphatic rings. The van der Waals surface area contributed by atoms with E-state index in [4.69, 9.17) is 0 Å². The summed E-state index contributed by atoms with van der Waals surface area (Å²) in [5, 5.41) is 4.90. The van der Waals surface area contributed by atoms with Gasteiger partial charge < -0.3 is 5.32 Å². The number of benzene rings is 1. The average Bonchev–Trinajstić information content (AvgIpc) is 2.79. The third-order valence-corrected chi connectivity index (χ3v) is 3.34. The zero-order chi connectivity index (χ0) is 14.2. The predicted molar refractivity (Wildman–Crippen MR) is 65.2 cm³/mol. The third kappa shape index (κ3) is 2.70. The Bertz CT molecular complexity index is 586. The molecular formula is C12H10F4N2S. The van der Waals surface area contributed by atoms with E-state index in [2.05, 4.69) is 10.3 Å². The van der Waals surface area contributed by atoms with Gasteiger partial charge in [-0.3, -0.25) is 0 Å². The van der Waals surface area contributed by atoms with Gasteiger partial charge in [-0.15, -0.1) is 11.3 Å². The van der Waals surface area contributed by atoms with E-state index >= 15 is 0 Å². The van der Waals surface area contributed by atoms with Gasteiger partial charge in [-0.05, 0) is 13.8 Å². The molecule has 102 valence electrons. The molecule has 0 bridgehead atoms. The standard InChI is InChI=1S/C12H10F4N2S/c1-5(9-4-19-6(2)18-9)17-12-10(15)7(13)3-8(14)11(12)16/h3-5,17H,1-2H3. The third-order valence-electron chi connectivity index (χ3n) is 2.55. The SMILES string of the molecule is Cc1nc(C(C)Nc2c(F)c(F)cc(F)c2F)cs1. The molecule has 0 saturated carbocycles. The van der Waals surface area contributed by atoms with Crippen LogP contribution < -0.4 is 5.32 Å². The van der Waals surface area contributed by atoms with Crippen LogP contribution in [0.4, 0.5) is 23.2 Å². The van der Waals surface area contributed by atoms with Crippen LogP contribution >= 0.6 is 11.3 Å². The lowest BCUT2D eigenvalue weighted by Crippen LogP contribution is -2.12. The van der Waals surface area contributed by atoms with Crippen LogP contribution in [0.3, 0.4) is 0 Å². The second-order valence-electron chi connectivity index (χ2n) is 4.00. The first-order valence-electron chi connectivity index (χ1n) is 5.41. The zero-order valence-electron chi connectivity index (χ0n) is 10.1. The van der Waals surface area contributed by atoms with E-state index in [1.807, 2.05) is 0 Å². The number of nitrogens with one attached hydrogen (secondary N) is 1. The number of hydrogen-bond donors (Lipinski definition) is 1. The fraction of sp³-hybridized carbons (Fsp3) is 0.250. The van der Waals surface area contributed by atoms with Gasteiger partial charge in [0.25, 0.3) is 0 Å². The molecular weight excluding hydrogens is 280 g/mol. The predicted octanol–water partition coefficient (Wildman–Crippen LogP) is 4.18. The number of anilines is 1. The topological polar surface area (TPSA) is 24.9 Å². The van der Waals surface area contributed by atoms with Crippen LogP contribution in [-0.4, -0.2) is 4.98 Å². The molecule has 1 N–H and O–H groups in total. The van der Waals surface area contributed by atoms with Gasteiger partial charge in [0.05, 0.1) is 16.7 Å². The van der Waals surface area contributed by atoms with Crippen LogP contribution in [0, 0.1) is 30.2 Å². The van der Waals surface area contributed by atoms with Crippen molar-refractivity contribution in [2.75, 3.05) is 5.32 Å². The lowest BCUT2D eigenvalue weighted by atomic mass is 10.2. The van der Waals surface area contributed by atoms with Gasteiger partial charge >= 0.3 is 0 Å². The molecule has 1 atom stereocenters. The van der Waals surface area contributed by atoms with Gasteiger partial charge in [-0.1, -0.05) is 0 Å². The minimum absolute atomic E-state index is 0.174. The molecule has 7 heteroatoms. The molecule has 0 saturated heterocycles. The van der Waals surface area contributed by atoms with Gasteiger partial charge in [0.2, 0.25) is 0 Å². The summed E-state index contributed by atoms with van der Waals surface area (Å²) in [5.74, 6) is -5.78. The molecule has 0 aliphatic carbocycles. The van der Waals surface area contributed by atoms with Gasteiger partial charge in [-0.2, -0.15) is 0 Å². The van der Waals surface area contributed by atoms with E-state index in [-0.39, 0.29) is 6.07 Å². The Morgan fingerprint density at radius 2 is 1.74 bits per heavy atom. The molecule has 1 unspecified atom stereocenters. The molecule has 2 nitrogen and oxygen atoms in total. The summed E-state index contributed by atoms with van der Waals surface area (Å²) in [6, 6.07) is -0.400. The largest absolute Gasteiger partial charge is 0.372 e. The summed E-state index contributed by atoms with van der Waals surface area (Å²) >= 11 is 1.37. The molecule has 1 aromatic carbocycles. The van der Waals surface area contributed by atoms with Crippen molar-refractivity contribution in [1.82, 2.24) is 4.98 Å². The van der Waals surface area contributed by atoms with Gasteiger partial charge in [0.15, 0.2) is 23.3 Å². The minimum atomic E-state index is -1.45. The lowest BCUT2D eigenvalue weighted by Gasteiger charge is -2.15. The maximum absolute atomic E-state index is 13.5. The fourth-order valence-corrected chi connectivity index (χ4v) is 2.28. The molecule has 0 amide bonds. The number of nitrogens with zero attached hydrogens (tertiary/aromatic N) is 1. The number of aryl methyl sites for hydroxylation is 1. The fourth-order valence-electron chi connectivity index (χ4n) is 1.57. The van der Waals surface area contributed by atoms with Crippen molar-refractivity contribution in [2.45, 2.75) is 19.9 Å². The van der Waals surface area contributed by atoms with Gasteiger partial charge in [0.1, 0.15) is 5.69 Å². The van der Waals surface area contributed by atoms with Crippen molar-refractivity contribution >= 4 is 17.0 Å². The first-order valence-corrected chi connectivity index (χ1v) is 6.29. The highest BCUT2D eigenvalue weighted by Gasteiger charge is 2.21. The maximum Gasteiger partial charge on any atom is 0.185 e. The molecule has 1 aromatic heterocycles. The molecule has 2 rings (SSSR count). The molecule has 0 spiro atoms. The normalized spacial score (nSPS) is 12.5. The van der Waals surface area contributed by atoms with Crippen LogP contribution in [0.5, 0.6) is 0 Å². The van der Waals surface area contributed by atoms with Crippen molar-refractivity contribution in [3.8, 4) is 0 Å². The number of halogens is 4.